The van der Waals surface area contributed by atoms with Crippen LogP contribution in [0.25, 0.3) is 0 Å². The zero-order chi connectivity index (χ0) is 8.32. The molecule has 0 bridgehead atoms. The quantitative estimate of drug-likeness (QED) is 0.622. The maximum atomic E-state index is 3.66. The van der Waals surface area contributed by atoms with Crippen molar-refractivity contribution in [2.24, 2.45) is 0 Å². The van der Waals surface area contributed by atoms with E-state index in [4.69, 9.17) is 0 Å². The van der Waals surface area contributed by atoms with Gasteiger partial charge in [0.05, 0.1) is 0 Å². The average molecular weight is 167 g/mol. The van der Waals surface area contributed by atoms with Crippen LogP contribution in [0.3, 0.4) is 0 Å². The van der Waals surface area contributed by atoms with Gasteiger partial charge in [0.15, 0.2) is 0 Å². The summed E-state index contributed by atoms with van der Waals surface area (Å²) in [5, 5.41) is 0. The molecule has 1 N–H and O–H groups in total. The molecule has 0 fully saturated rings. The van der Waals surface area contributed by atoms with Gasteiger partial charge < -0.3 is 4.98 Å². The van der Waals surface area contributed by atoms with Gasteiger partial charge in [-0.15, -0.1) is 0 Å². The number of rotatable bonds is 2. The molecule has 1 aliphatic carbocycles. The van der Waals surface area contributed by atoms with Crippen LogP contribution < -0.4 is 4.98 Å². The predicted octanol–water partition coefficient (Wildman–Crippen LogP) is 2.30. The molecule has 0 aromatic carbocycles. The first-order valence-corrected chi connectivity index (χ1v) is 7.69. The standard InChI is InChI=1S/C9H17NSi/c1-11(2,3)10-9-7-5-4-6-8-9/h4-7,9-10H,8H2,1-3H3. The van der Waals surface area contributed by atoms with Crippen molar-refractivity contribution < 1.29 is 0 Å². The monoisotopic (exact) mass is 167 g/mol. The molecule has 0 radical (unpaired) electrons. The summed E-state index contributed by atoms with van der Waals surface area (Å²) in [5.74, 6) is 0. The molecule has 1 atom stereocenters. The highest BCUT2D eigenvalue weighted by atomic mass is 28.3. The Bertz CT molecular complexity index is 176. The third-order valence-electron chi connectivity index (χ3n) is 1.60. The minimum atomic E-state index is -1.08. The largest absolute Gasteiger partial charge is 0.331 e. The Hall–Kier alpha value is -0.343. The van der Waals surface area contributed by atoms with Gasteiger partial charge in [-0.3, -0.25) is 0 Å². The van der Waals surface area contributed by atoms with Gasteiger partial charge in [0.1, 0.15) is 8.24 Å². The van der Waals surface area contributed by atoms with E-state index in [-0.39, 0.29) is 0 Å². The molecular formula is C9H17NSi. The molecule has 0 aliphatic heterocycles. The number of allylic oxidation sites excluding steroid dienone is 2. The number of nitrogens with one attached hydrogen (secondary N) is 1. The molecule has 0 saturated carbocycles. The van der Waals surface area contributed by atoms with E-state index >= 15 is 0 Å². The molecule has 11 heavy (non-hydrogen) atoms. The van der Waals surface area contributed by atoms with E-state index in [9.17, 15) is 0 Å². The molecule has 0 saturated heterocycles. The third-order valence-corrected chi connectivity index (χ3v) is 2.84. The van der Waals surface area contributed by atoms with Crippen LogP contribution in [-0.2, 0) is 0 Å². The van der Waals surface area contributed by atoms with E-state index in [1.54, 1.807) is 0 Å². The summed E-state index contributed by atoms with van der Waals surface area (Å²) in [6, 6.07) is 0.590. The summed E-state index contributed by atoms with van der Waals surface area (Å²) in [7, 11) is -1.08. The van der Waals surface area contributed by atoms with Crippen LogP contribution in [0.1, 0.15) is 6.42 Å². The summed E-state index contributed by atoms with van der Waals surface area (Å²) >= 11 is 0. The molecular weight excluding hydrogens is 150 g/mol. The topological polar surface area (TPSA) is 12.0 Å². The lowest BCUT2D eigenvalue weighted by Crippen LogP contribution is -2.47. The van der Waals surface area contributed by atoms with Crippen molar-refractivity contribution in [3.63, 3.8) is 0 Å². The molecule has 0 aromatic rings. The van der Waals surface area contributed by atoms with Gasteiger partial charge in [-0.25, -0.2) is 0 Å². The third kappa shape index (κ3) is 3.53. The first-order valence-electron chi connectivity index (χ1n) is 4.19. The summed E-state index contributed by atoms with van der Waals surface area (Å²) < 4.78 is 0. The van der Waals surface area contributed by atoms with Gasteiger partial charge >= 0.3 is 0 Å². The second-order valence-corrected chi connectivity index (χ2v) is 8.84. The van der Waals surface area contributed by atoms with Crippen molar-refractivity contribution in [2.45, 2.75) is 32.1 Å². The fourth-order valence-electron chi connectivity index (χ4n) is 1.24. The fourth-order valence-corrected chi connectivity index (χ4v) is 2.57. The van der Waals surface area contributed by atoms with Crippen LogP contribution in [0, 0.1) is 0 Å². The summed E-state index contributed by atoms with van der Waals surface area (Å²) in [4.78, 5) is 3.66. The van der Waals surface area contributed by atoms with E-state index in [0.29, 0.717) is 6.04 Å². The van der Waals surface area contributed by atoms with Crippen molar-refractivity contribution in [1.29, 1.82) is 0 Å². The van der Waals surface area contributed by atoms with Crippen molar-refractivity contribution in [3.05, 3.63) is 24.3 Å². The molecule has 0 heterocycles. The normalized spacial score (nSPS) is 24.1. The Morgan fingerprint density at radius 3 is 2.45 bits per heavy atom. The molecule has 1 unspecified atom stereocenters. The Morgan fingerprint density at radius 2 is 2.00 bits per heavy atom. The summed E-state index contributed by atoms with van der Waals surface area (Å²) in [6.45, 7) is 7.00. The van der Waals surface area contributed by atoms with Crippen LogP contribution >= 0.6 is 0 Å². The van der Waals surface area contributed by atoms with Crippen LogP contribution in [0.2, 0.25) is 19.6 Å². The van der Waals surface area contributed by atoms with Gasteiger partial charge in [0.2, 0.25) is 0 Å². The van der Waals surface area contributed by atoms with Crippen LogP contribution in [0.4, 0.5) is 0 Å². The molecule has 0 spiro atoms. The van der Waals surface area contributed by atoms with Crippen LogP contribution in [-0.4, -0.2) is 14.3 Å². The van der Waals surface area contributed by atoms with Gasteiger partial charge in [0.25, 0.3) is 0 Å². The van der Waals surface area contributed by atoms with Crippen LogP contribution in [0.15, 0.2) is 24.3 Å². The fraction of sp³-hybridized carbons (Fsp3) is 0.556. The van der Waals surface area contributed by atoms with Crippen LogP contribution in [0.5, 0.6) is 0 Å². The lowest BCUT2D eigenvalue weighted by molar-refractivity contribution is 0.735. The first-order chi connectivity index (χ1) is 5.08. The van der Waals surface area contributed by atoms with Crippen molar-refractivity contribution in [2.75, 3.05) is 0 Å². The molecule has 1 aliphatic rings. The minimum absolute atomic E-state index is 0.590. The van der Waals surface area contributed by atoms with E-state index in [1.807, 2.05) is 0 Å². The highest BCUT2D eigenvalue weighted by molar-refractivity contribution is 6.73. The average Bonchev–Trinajstić information content (AvgIpc) is 1.85. The summed E-state index contributed by atoms with van der Waals surface area (Å²) in [5.41, 5.74) is 0. The van der Waals surface area contributed by atoms with Gasteiger partial charge in [-0.1, -0.05) is 43.9 Å². The van der Waals surface area contributed by atoms with Crippen molar-refractivity contribution in [1.82, 2.24) is 4.98 Å². The smallest absolute Gasteiger partial charge is 0.116 e. The Morgan fingerprint density at radius 1 is 1.27 bits per heavy atom. The van der Waals surface area contributed by atoms with E-state index in [2.05, 4.69) is 48.9 Å². The zero-order valence-electron chi connectivity index (χ0n) is 7.59. The Balaban J connectivity index is 2.39. The lowest BCUT2D eigenvalue weighted by Gasteiger charge is -2.25. The minimum Gasteiger partial charge on any atom is -0.331 e. The van der Waals surface area contributed by atoms with E-state index < -0.39 is 8.24 Å². The second-order valence-electron chi connectivity index (χ2n) is 4.05. The lowest BCUT2D eigenvalue weighted by atomic mass is 10.1. The maximum absolute atomic E-state index is 3.66. The van der Waals surface area contributed by atoms with Crippen molar-refractivity contribution >= 4 is 8.24 Å². The Kier molecular flexibility index (Phi) is 2.68. The summed E-state index contributed by atoms with van der Waals surface area (Å²) in [6.07, 6.45) is 9.86. The van der Waals surface area contributed by atoms with Crippen molar-refractivity contribution in [3.8, 4) is 0 Å². The SMILES string of the molecule is C[Si](C)(C)NC1C=CC=CC1. The molecule has 2 heteroatoms. The molecule has 0 aromatic heterocycles. The zero-order valence-corrected chi connectivity index (χ0v) is 8.59. The molecule has 1 rings (SSSR count). The van der Waals surface area contributed by atoms with Gasteiger partial charge in [0, 0.05) is 6.04 Å². The number of hydrogen-bond acceptors (Lipinski definition) is 1. The first kappa shape index (κ1) is 8.75. The maximum Gasteiger partial charge on any atom is 0.116 e. The molecule has 62 valence electrons. The van der Waals surface area contributed by atoms with Gasteiger partial charge in [-0.2, -0.15) is 0 Å². The predicted molar refractivity (Wildman–Crippen MR) is 53.2 cm³/mol. The van der Waals surface area contributed by atoms with E-state index in [0.717, 1.165) is 6.42 Å². The highest BCUT2D eigenvalue weighted by Crippen LogP contribution is 2.06. The Labute approximate surface area is 70.3 Å². The number of hydrogen-bond donors (Lipinski definition) is 1. The molecule has 0 amide bonds. The molecule has 1 nitrogen and oxygen atoms in total. The highest BCUT2D eigenvalue weighted by Gasteiger charge is 2.16. The van der Waals surface area contributed by atoms with Gasteiger partial charge in [-0.05, 0) is 6.42 Å². The second kappa shape index (κ2) is 3.37. The van der Waals surface area contributed by atoms with E-state index in [1.165, 1.54) is 0 Å².